The number of nitrogens with zero attached hydrogens (tertiary/aromatic N) is 2. The maximum absolute atomic E-state index is 12.9. The van der Waals surface area contributed by atoms with Crippen molar-refractivity contribution in [3.63, 3.8) is 0 Å². The first kappa shape index (κ1) is 23.8. The quantitative estimate of drug-likeness (QED) is 0.701. The van der Waals surface area contributed by atoms with Crippen molar-refractivity contribution in [2.75, 3.05) is 25.0 Å². The second-order valence-electron chi connectivity index (χ2n) is 6.64. The predicted octanol–water partition coefficient (Wildman–Crippen LogP) is 4.79. The van der Waals surface area contributed by atoms with Gasteiger partial charge in [0.05, 0.1) is 15.6 Å². The van der Waals surface area contributed by atoms with E-state index in [0.29, 0.717) is 41.1 Å². The molecule has 1 aromatic carbocycles. The lowest BCUT2D eigenvalue weighted by Gasteiger charge is -2.23. The molecule has 1 aromatic heterocycles. The van der Waals surface area contributed by atoms with Crippen molar-refractivity contribution >= 4 is 65.4 Å². The number of anilines is 2. The van der Waals surface area contributed by atoms with E-state index in [-0.39, 0.29) is 36.1 Å². The molecule has 27 heavy (non-hydrogen) atoms. The summed E-state index contributed by atoms with van der Waals surface area (Å²) in [4.78, 5) is 19.1. The summed E-state index contributed by atoms with van der Waals surface area (Å²) >= 11 is 12.0. The van der Waals surface area contributed by atoms with Crippen molar-refractivity contribution in [3.8, 4) is 0 Å². The molecule has 1 unspecified atom stereocenters. The Balaban J connectivity index is 0.00000182. The monoisotopic (exact) mass is 450 g/mol. The van der Waals surface area contributed by atoms with E-state index in [4.69, 9.17) is 28.9 Å². The van der Waals surface area contributed by atoms with Crippen molar-refractivity contribution in [2.45, 2.75) is 13.3 Å². The molecular formula is C18H22Cl4N4O. The van der Waals surface area contributed by atoms with Crippen LogP contribution in [0.2, 0.25) is 10.0 Å². The van der Waals surface area contributed by atoms with Gasteiger partial charge in [-0.1, -0.05) is 30.1 Å². The molecule has 0 saturated carbocycles. The Morgan fingerprint density at radius 3 is 2.67 bits per heavy atom. The molecule has 2 heterocycles. The standard InChI is InChI=1S/C18H20Cl2N4O.2ClH/c1-18(10-21)6-8-24(11-18)17(25)13-3-2-7-22-16(13)23-12-4-5-14(19)15(20)9-12;;/h2-5,7,9H,6,8,10-11,21H2,1H3,(H,22,23);2*1H. The van der Waals surface area contributed by atoms with Gasteiger partial charge >= 0.3 is 0 Å². The average molecular weight is 452 g/mol. The van der Waals surface area contributed by atoms with Gasteiger partial charge in [-0.3, -0.25) is 4.79 Å². The second kappa shape index (κ2) is 9.80. The highest BCUT2D eigenvalue weighted by molar-refractivity contribution is 6.42. The minimum atomic E-state index is -0.0483. The highest BCUT2D eigenvalue weighted by Gasteiger charge is 2.35. The van der Waals surface area contributed by atoms with Crippen molar-refractivity contribution < 1.29 is 4.79 Å². The second-order valence-corrected chi connectivity index (χ2v) is 7.46. The van der Waals surface area contributed by atoms with Crippen LogP contribution in [-0.4, -0.2) is 35.4 Å². The highest BCUT2D eigenvalue weighted by atomic mass is 35.5. The SMILES string of the molecule is CC1(CN)CCN(C(=O)c2cccnc2Nc2ccc(Cl)c(Cl)c2)C1.Cl.Cl. The third-order valence-electron chi connectivity index (χ3n) is 4.56. The Morgan fingerprint density at radius 1 is 1.30 bits per heavy atom. The molecule has 0 bridgehead atoms. The number of hydrogen-bond donors (Lipinski definition) is 2. The number of hydrogen-bond acceptors (Lipinski definition) is 4. The van der Waals surface area contributed by atoms with Gasteiger partial charge in [-0.05, 0) is 48.7 Å². The molecule has 148 valence electrons. The molecule has 1 saturated heterocycles. The number of aromatic nitrogens is 1. The number of amides is 1. The summed E-state index contributed by atoms with van der Waals surface area (Å²) in [5, 5.41) is 4.07. The minimum Gasteiger partial charge on any atom is -0.340 e. The van der Waals surface area contributed by atoms with Crippen LogP contribution in [0.5, 0.6) is 0 Å². The number of nitrogens with one attached hydrogen (secondary N) is 1. The molecule has 2 aromatic rings. The Morgan fingerprint density at radius 2 is 2.04 bits per heavy atom. The van der Waals surface area contributed by atoms with E-state index in [1.54, 1.807) is 36.5 Å². The maximum atomic E-state index is 12.9. The topological polar surface area (TPSA) is 71.2 Å². The summed E-state index contributed by atoms with van der Waals surface area (Å²) in [6.45, 7) is 4.04. The van der Waals surface area contributed by atoms with E-state index < -0.39 is 0 Å². The van der Waals surface area contributed by atoms with E-state index >= 15 is 0 Å². The first-order chi connectivity index (χ1) is 11.9. The van der Waals surface area contributed by atoms with E-state index in [1.165, 1.54) is 0 Å². The zero-order chi connectivity index (χ0) is 18.0. The third kappa shape index (κ3) is 5.39. The summed E-state index contributed by atoms with van der Waals surface area (Å²) in [5.74, 6) is 0.445. The van der Waals surface area contributed by atoms with Gasteiger partial charge in [0.2, 0.25) is 0 Å². The van der Waals surface area contributed by atoms with E-state index in [9.17, 15) is 4.79 Å². The zero-order valence-corrected chi connectivity index (χ0v) is 17.9. The molecule has 0 radical (unpaired) electrons. The van der Waals surface area contributed by atoms with Crippen LogP contribution in [0.4, 0.5) is 11.5 Å². The number of carbonyl (C=O) groups is 1. The van der Waals surface area contributed by atoms with E-state index in [1.807, 2.05) is 4.90 Å². The Kier molecular flexibility index (Phi) is 8.64. The summed E-state index contributed by atoms with van der Waals surface area (Å²) in [6.07, 6.45) is 2.55. The van der Waals surface area contributed by atoms with Crippen LogP contribution in [0.1, 0.15) is 23.7 Å². The van der Waals surface area contributed by atoms with Gasteiger partial charge in [0, 0.05) is 25.0 Å². The number of likely N-dealkylation sites (tertiary alicyclic amines) is 1. The van der Waals surface area contributed by atoms with Gasteiger partial charge in [-0.2, -0.15) is 0 Å². The molecule has 1 aliphatic rings. The predicted molar refractivity (Wildman–Crippen MR) is 116 cm³/mol. The fourth-order valence-electron chi connectivity index (χ4n) is 2.92. The molecule has 1 aliphatic heterocycles. The number of pyridine rings is 1. The van der Waals surface area contributed by atoms with Gasteiger partial charge in [-0.15, -0.1) is 24.8 Å². The van der Waals surface area contributed by atoms with E-state index in [0.717, 1.165) is 12.1 Å². The lowest BCUT2D eigenvalue weighted by molar-refractivity contribution is 0.0777. The van der Waals surface area contributed by atoms with Crippen molar-refractivity contribution in [3.05, 3.63) is 52.1 Å². The molecule has 3 N–H and O–H groups in total. The zero-order valence-electron chi connectivity index (χ0n) is 14.7. The normalized spacial score (nSPS) is 18.4. The third-order valence-corrected chi connectivity index (χ3v) is 5.30. The fraction of sp³-hybridized carbons (Fsp3) is 0.333. The lowest BCUT2D eigenvalue weighted by atomic mass is 9.90. The number of benzene rings is 1. The molecule has 0 spiro atoms. The van der Waals surface area contributed by atoms with Gasteiger partial charge in [0.15, 0.2) is 0 Å². The van der Waals surface area contributed by atoms with Crippen LogP contribution in [0.3, 0.4) is 0 Å². The van der Waals surface area contributed by atoms with Gasteiger partial charge in [0.1, 0.15) is 5.82 Å². The molecule has 1 amide bonds. The molecule has 1 atom stereocenters. The molecule has 5 nitrogen and oxygen atoms in total. The summed E-state index contributed by atoms with van der Waals surface area (Å²) in [5.41, 5.74) is 7.06. The van der Waals surface area contributed by atoms with Crippen molar-refractivity contribution in [2.24, 2.45) is 11.1 Å². The van der Waals surface area contributed by atoms with Crippen molar-refractivity contribution in [1.29, 1.82) is 0 Å². The van der Waals surface area contributed by atoms with Gasteiger partial charge in [-0.25, -0.2) is 4.98 Å². The highest BCUT2D eigenvalue weighted by Crippen LogP contribution is 2.31. The maximum Gasteiger partial charge on any atom is 0.257 e. The largest absolute Gasteiger partial charge is 0.340 e. The molecule has 1 fully saturated rings. The number of rotatable bonds is 4. The summed E-state index contributed by atoms with van der Waals surface area (Å²) in [7, 11) is 0. The van der Waals surface area contributed by atoms with Crippen molar-refractivity contribution in [1.82, 2.24) is 9.88 Å². The minimum absolute atomic E-state index is 0. The smallest absolute Gasteiger partial charge is 0.257 e. The van der Waals surface area contributed by atoms with E-state index in [2.05, 4.69) is 17.2 Å². The molecule has 9 heteroatoms. The van der Waals surface area contributed by atoms with Crippen LogP contribution >= 0.6 is 48.0 Å². The number of nitrogens with two attached hydrogens (primary N) is 1. The van der Waals surface area contributed by atoms with Gasteiger partial charge in [0.25, 0.3) is 5.91 Å². The van der Waals surface area contributed by atoms with Crippen LogP contribution < -0.4 is 11.1 Å². The number of halogens is 4. The molecule has 0 aliphatic carbocycles. The van der Waals surface area contributed by atoms with Crippen LogP contribution in [0.15, 0.2) is 36.5 Å². The fourth-order valence-corrected chi connectivity index (χ4v) is 3.22. The average Bonchev–Trinajstić information content (AvgIpc) is 3.01. The Bertz CT molecular complexity index is 805. The van der Waals surface area contributed by atoms with Crippen LogP contribution in [0, 0.1) is 5.41 Å². The Labute approximate surface area is 181 Å². The summed E-state index contributed by atoms with van der Waals surface area (Å²) < 4.78 is 0. The van der Waals surface area contributed by atoms with Gasteiger partial charge < -0.3 is 16.0 Å². The number of carbonyl (C=O) groups excluding carboxylic acids is 1. The van der Waals surface area contributed by atoms with Crippen LogP contribution in [-0.2, 0) is 0 Å². The Hall–Kier alpha value is -1.24. The first-order valence-electron chi connectivity index (χ1n) is 8.08. The first-order valence-corrected chi connectivity index (χ1v) is 8.84. The molecular weight excluding hydrogens is 430 g/mol. The lowest BCUT2D eigenvalue weighted by Crippen LogP contribution is -2.34. The molecule has 3 rings (SSSR count). The summed E-state index contributed by atoms with van der Waals surface area (Å²) in [6, 6.07) is 8.72. The van der Waals surface area contributed by atoms with Crippen LogP contribution in [0.25, 0.3) is 0 Å².